The summed E-state index contributed by atoms with van der Waals surface area (Å²) in [7, 11) is 0. The average molecular weight is 284 g/mol. The van der Waals surface area contributed by atoms with Crippen molar-refractivity contribution in [2.75, 3.05) is 6.54 Å². The number of nitrogens with zero attached hydrogens (tertiary/aromatic N) is 2. The van der Waals surface area contributed by atoms with Crippen molar-refractivity contribution in [1.82, 2.24) is 20.2 Å². The molecule has 0 aliphatic carbocycles. The summed E-state index contributed by atoms with van der Waals surface area (Å²) < 4.78 is 0. The number of aromatic amines is 1. The van der Waals surface area contributed by atoms with Crippen molar-refractivity contribution in [3.05, 3.63) is 54.1 Å². The number of hydrogen-bond acceptors (Lipinski definition) is 3. The molecule has 0 amide bonds. The summed E-state index contributed by atoms with van der Waals surface area (Å²) in [6.45, 7) is 5.39. The summed E-state index contributed by atoms with van der Waals surface area (Å²) in [5, 5.41) is 3.62. The lowest BCUT2D eigenvalue weighted by atomic mass is 9.97. The fourth-order valence-electron chi connectivity index (χ4n) is 3.09. The fraction of sp³-hybridized carbons (Fsp3) is 0.471. The molecule has 112 valence electrons. The maximum Gasteiger partial charge on any atom is 0.120 e. The van der Waals surface area contributed by atoms with Crippen LogP contribution in [-0.4, -0.2) is 33.5 Å². The zero-order chi connectivity index (χ0) is 14.5. The Hall–Kier alpha value is -1.65. The first kappa shape index (κ1) is 14.3. The topological polar surface area (TPSA) is 44.0 Å². The normalized spacial score (nSPS) is 23.3. The second-order valence-electron chi connectivity index (χ2n) is 5.94. The van der Waals surface area contributed by atoms with Gasteiger partial charge >= 0.3 is 0 Å². The number of aromatic nitrogens is 2. The minimum atomic E-state index is 0.595. The van der Waals surface area contributed by atoms with E-state index in [-0.39, 0.29) is 0 Å². The summed E-state index contributed by atoms with van der Waals surface area (Å²) in [6, 6.07) is 12.0. The predicted molar refractivity (Wildman–Crippen MR) is 84.8 cm³/mol. The molecule has 2 heterocycles. The summed E-state index contributed by atoms with van der Waals surface area (Å²) >= 11 is 0. The third-order valence-electron chi connectivity index (χ3n) is 4.36. The van der Waals surface area contributed by atoms with Crippen LogP contribution < -0.4 is 5.32 Å². The van der Waals surface area contributed by atoms with E-state index in [2.05, 4.69) is 57.4 Å². The van der Waals surface area contributed by atoms with Crippen LogP contribution in [0.4, 0.5) is 0 Å². The zero-order valence-corrected chi connectivity index (χ0v) is 12.6. The summed E-state index contributed by atoms with van der Waals surface area (Å²) in [6.07, 6.45) is 6.09. The fourth-order valence-corrected chi connectivity index (χ4v) is 3.09. The Kier molecular flexibility index (Phi) is 4.68. The van der Waals surface area contributed by atoms with E-state index in [0.717, 1.165) is 25.5 Å². The number of nitrogens with one attached hydrogen (secondary N) is 2. The number of piperidine rings is 1. The van der Waals surface area contributed by atoms with Crippen LogP contribution in [0, 0.1) is 0 Å². The lowest BCUT2D eigenvalue weighted by Gasteiger charge is -2.38. The van der Waals surface area contributed by atoms with Crippen LogP contribution in [0.15, 0.2) is 42.7 Å². The highest BCUT2D eigenvalue weighted by atomic mass is 15.2. The second kappa shape index (κ2) is 6.87. The zero-order valence-electron chi connectivity index (χ0n) is 12.6. The third kappa shape index (κ3) is 3.93. The van der Waals surface area contributed by atoms with Crippen LogP contribution in [0.1, 0.15) is 31.2 Å². The van der Waals surface area contributed by atoms with Gasteiger partial charge in [-0.1, -0.05) is 30.3 Å². The highest BCUT2D eigenvalue weighted by Crippen LogP contribution is 2.20. The van der Waals surface area contributed by atoms with Crippen LogP contribution in [-0.2, 0) is 13.1 Å². The van der Waals surface area contributed by atoms with Gasteiger partial charge in [-0.05, 0) is 25.3 Å². The van der Waals surface area contributed by atoms with Crippen molar-refractivity contribution in [1.29, 1.82) is 0 Å². The van der Waals surface area contributed by atoms with Gasteiger partial charge in [0, 0.05) is 37.6 Å². The van der Waals surface area contributed by atoms with Gasteiger partial charge in [0.25, 0.3) is 0 Å². The number of benzene rings is 1. The maximum absolute atomic E-state index is 4.26. The third-order valence-corrected chi connectivity index (χ3v) is 4.36. The summed E-state index contributed by atoms with van der Waals surface area (Å²) in [4.78, 5) is 9.99. The largest absolute Gasteiger partial charge is 0.348 e. The monoisotopic (exact) mass is 284 g/mol. The quantitative estimate of drug-likeness (QED) is 0.887. The Bertz CT molecular complexity index is 523. The van der Waals surface area contributed by atoms with Crippen LogP contribution in [0.25, 0.3) is 0 Å². The first-order chi connectivity index (χ1) is 10.3. The molecule has 2 unspecified atom stereocenters. The van der Waals surface area contributed by atoms with Gasteiger partial charge in [-0.2, -0.15) is 0 Å². The highest BCUT2D eigenvalue weighted by Gasteiger charge is 2.25. The first-order valence-electron chi connectivity index (χ1n) is 7.81. The Labute approximate surface area is 126 Å². The molecule has 4 heteroatoms. The standard InChI is InChI=1S/C17H24N4/c1-14-11-16(20-12-17-18-8-9-19-17)7-10-21(14)13-15-5-3-2-4-6-15/h2-6,8-9,14,16,20H,7,10-13H2,1H3,(H,18,19). The van der Waals surface area contributed by atoms with E-state index >= 15 is 0 Å². The smallest absolute Gasteiger partial charge is 0.120 e. The van der Waals surface area contributed by atoms with Crippen LogP contribution in [0.5, 0.6) is 0 Å². The van der Waals surface area contributed by atoms with Crippen molar-refractivity contribution >= 4 is 0 Å². The van der Waals surface area contributed by atoms with Crippen molar-refractivity contribution in [3.8, 4) is 0 Å². The molecular formula is C17H24N4. The minimum absolute atomic E-state index is 0.595. The van der Waals surface area contributed by atoms with Gasteiger partial charge in [0.05, 0.1) is 6.54 Å². The summed E-state index contributed by atoms with van der Waals surface area (Å²) in [5.41, 5.74) is 1.41. The van der Waals surface area contributed by atoms with E-state index in [9.17, 15) is 0 Å². The Morgan fingerprint density at radius 3 is 2.90 bits per heavy atom. The van der Waals surface area contributed by atoms with E-state index < -0.39 is 0 Å². The number of H-pyrrole nitrogens is 1. The molecule has 0 bridgehead atoms. The van der Waals surface area contributed by atoms with Crippen molar-refractivity contribution < 1.29 is 0 Å². The number of imidazole rings is 1. The van der Waals surface area contributed by atoms with Crippen LogP contribution in [0.2, 0.25) is 0 Å². The molecule has 0 radical (unpaired) electrons. The Morgan fingerprint density at radius 1 is 1.33 bits per heavy atom. The van der Waals surface area contributed by atoms with E-state index in [1.807, 2.05) is 12.4 Å². The van der Waals surface area contributed by atoms with E-state index in [0.29, 0.717) is 12.1 Å². The number of hydrogen-bond donors (Lipinski definition) is 2. The molecule has 4 nitrogen and oxygen atoms in total. The molecule has 21 heavy (non-hydrogen) atoms. The van der Waals surface area contributed by atoms with Gasteiger partial charge in [0.2, 0.25) is 0 Å². The minimum Gasteiger partial charge on any atom is -0.348 e. The molecule has 3 rings (SSSR count). The maximum atomic E-state index is 4.26. The van der Waals surface area contributed by atoms with Crippen molar-refractivity contribution in [2.45, 2.75) is 44.9 Å². The molecule has 1 saturated heterocycles. The molecule has 0 saturated carbocycles. The highest BCUT2D eigenvalue weighted by molar-refractivity contribution is 5.14. The SMILES string of the molecule is CC1CC(NCc2ncc[nH]2)CCN1Cc1ccccc1. The van der Waals surface area contributed by atoms with Crippen molar-refractivity contribution in [2.24, 2.45) is 0 Å². The van der Waals surface area contributed by atoms with Gasteiger partial charge in [0.15, 0.2) is 0 Å². The summed E-state index contributed by atoms with van der Waals surface area (Å²) in [5.74, 6) is 1.02. The van der Waals surface area contributed by atoms with E-state index in [4.69, 9.17) is 0 Å². The number of likely N-dealkylation sites (tertiary alicyclic amines) is 1. The molecule has 2 atom stereocenters. The molecule has 1 aromatic heterocycles. The Balaban J connectivity index is 1.47. The lowest BCUT2D eigenvalue weighted by molar-refractivity contribution is 0.128. The first-order valence-corrected chi connectivity index (χ1v) is 7.81. The predicted octanol–water partition coefficient (Wildman–Crippen LogP) is 2.55. The van der Waals surface area contributed by atoms with Crippen LogP contribution in [0.3, 0.4) is 0 Å². The van der Waals surface area contributed by atoms with Gasteiger partial charge in [0.1, 0.15) is 5.82 Å². The van der Waals surface area contributed by atoms with E-state index in [1.165, 1.54) is 18.4 Å². The molecule has 1 fully saturated rings. The average Bonchev–Trinajstić information content (AvgIpc) is 3.02. The molecule has 2 aromatic rings. The van der Waals surface area contributed by atoms with Gasteiger partial charge in [-0.15, -0.1) is 0 Å². The number of rotatable bonds is 5. The van der Waals surface area contributed by atoms with E-state index in [1.54, 1.807) is 0 Å². The van der Waals surface area contributed by atoms with Crippen molar-refractivity contribution in [3.63, 3.8) is 0 Å². The molecule has 0 spiro atoms. The molecule has 2 N–H and O–H groups in total. The molecule has 1 aromatic carbocycles. The lowest BCUT2D eigenvalue weighted by Crippen LogP contribution is -2.46. The molecule has 1 aliphatic heterocycles. The molecule has 1 aliphatic rings. The molecular weight excluding hydrogens is 260 g/mol. The van der Waals surface area contributed by atoms with Gasteiger partial charge in [-0.3, -0.25) is 4.90 Å². The Morgan fingerprint density at radius 2 is 2.19 bits per heavy atom. The van der Waals surface area contributed by atoms with Crippen LogP contribution >= 0.6 is 0 Å². The second-order valence-corrected chi connectivity index (χ2v) is 5.94. The van der Waals surface area contributed by atoms with Gasteiger partial charge < -0.3 is 10.3 Å². The van der Waals surface area contributed by atoms with Gasteiger partial charge in [-0.25, -0.2) is 4.98 Å².